The smallest absolute Gasteiger partial charge is 0.243 e. The Balaban J connectivity index is 1.94. The number of carbonyl (C=O) groups excluding carboxylic acids is 2. The van der Waals surface area contributed by atoms with Crippen LogP contribution in [-0.2, 0) is 9.59 Å². The van der Waals surface area contributed by atoms with E-state index < -0.39 is 0 Å². The van der Waals surface area contributed by atoms with Crippen molar-refractivity contribution < 1.29 is 19.1 Å². The zero-order chi connectivity index (χ0) is 22.1. The van der Waals surface area contributed by atoms with E-state index in [0.717, 1.165) is 11.3 Å². The minimum atomic E-state index is -0.261. The Morgan fingerprint density at radius 3 is 2.27 bits per heavy atom. The van der Waals surface area contributed by atoms with Gasteiger partial charge in [0.2, 0.25) is 11.8 Å². The second-order valence-electron chi connectivity index (χ2n) is 7.05. The van der Waals surface area contributed by atoms with Crippen molar-refractivity contribution in [2.24, 2.45) is 0 Å². The fourth-order valence-electron chi connectivity index (χ4n) is 3.13. The molecule has 2 rings (SSSR count). The molecular formula is C23H31N3O4. The quantitative estimate of drug-likeness (QED) is 0.648. The maximum absolute atomic E-state index is 12.7. The van der Waals surface area contributed by atoms with Gasteiger partial charge in [-0.2, -0.15) is 0 Å². The van der Waals surface area contributed by atoms with Crippen LogP contribution in [0.1, 0.15) is 25.5 Å². The van der Waals surface area contributed by atoms with Gasteiger partial charge in [0.25, 0.3) is 0 Å². The summed E-state index contributed by atoms with van der Waals surface area (Å²) in [6, 6.07) is 15.0. The average molecular weight is 414 g/mol. The van der Waals surface area contributed by atoms with Gasteiger partial charge in [-0.25, -0.2) is 0 Å². The third kappa shape index (κ3) is 6.49. The van der Waals surface area contributed by atoms with Crippen LogP contribution in [0.2, 0.25) is 0 Å². The number of methoxy groups -OCH3 is 2. The van der Waals surface area contributed by atoms with Crippen molar-refractivity contribution in [3.63, 3.8) is 0 Å². The lowest BCUT2D eigenvalue weighted by Gasteiger charge is -2.29. The molecule has 0 aliphatic rings. The minimum absolute atomic E-state index is 0.0266. The molecule has 2 aromatic rings. The Labute approximate surface area is 178 Å². The van der Waals surface area contributed by atoms with E-state index >= 15 is 0 Å². The lowest BCUT2D eigenvalue weighted by atomic mass is 10.1. The fraction of sp³-hybridized carbons (Fsp3) is 0.391. The van der Waals surface area contributed by atoms with Gasteiger partial charge in [-0.3, -0.25) is 14.5 Å². The molecular weight excluding hydrogens is 382 g/mol. The van der Waals surface area contributed by atoms with Crippen LogP contribution >= 0.6 is 0 Å². The van der Waals surface area contributed by atoms with Crippen LogP contribution in [0, 0.1) is 0 Å². The molecule has 0 radical (unpaired) electrons. The fourth-order valence-corrected chi connectivity index (χ4v) is 3.13. The predicted molar refractivity (Wildman–Crippen MR) is 118 cm³/mol. The summed E-state index contributed by atoms with van der Waals surface area (Å²) in [7, 11) is 4.84. The number of rotatable bonds is 10. The summed E-state index contributed by atoms with van der Waals surface area (Å²) in [6.07, 6.45) is 0. The monoisotopic (exact) mass is 413 g/mol. The van der Waals surface area contributed by atoms with E-state index in [4.69, 9.17) is 9.47 Å². The first-order valence-corrected chi connectivity index (χ1v) is 9.93. The first-order chi connectivity index (χ1) is 14.4. The molecule has 1 atom stereocenters. The highest BCUT2D eigenvalue weighted by atomic mass is 16.5. The Morgan fingerprint density at radius 2 is 1.63 bits per heavy atom. The van der Waals surface area contributed by atoms with Crippen LogP contribution in [0.3, 0.4) is 0 Å². The van der Waals surface area contributed by atoms with E-state index in [-0.39, 0.29) is 30.9 Å². The lowest BCUT2D eigenvalue weighted by Crippen LogP contribution is -2.42. The number of likely N-dealkylation sites (N-methyl/N-ethyl adjacent to an activating group) is 2. The SMILES string of the molecule is CCN(CC(=O)N(C)CC(=O)Nc1cccc(OC)c1)C(C)c1cccc(OC)c1. The second kappa shape index (κ2) is 11.2. The summed E-state index contributed by atoms with van der Waals surface area (Å²) >= 11 is 0. The Bertz CT molecular complexity index is 856. The molecule has 0 heterocycles. The van der Waals surface area contributed by atoms with E-state index in [1.165, 1.54) is 4.90 Å². The topological polar surface area (TPSA) is 71.1 Å². The van der Waals surface area contributed by atoms with E-state index in [2.05, 4.69) is 17.1 Å². The number of carbonyl (C=O) groups is 2. The van der Waals surface area contributed by atoms with Gasteiger partial charge in [0.05, 0.1) is 27.3 Å². The van der Waals surface area contributed by atoms with Crippen molar-refractivity contribution in [3.05, 3.63) is 54.1 Å². The first-order valence-electron chi connectivity index (χ1n) is 9.93. The van der Waals surface area contributed by atoms with Crippen molar-refractivity contribution >= 4 is 17.5 Å². The van der Waals surface area contributed by atoms with Gasteiger partial charge in [-0.1, -0.05) is 25.1 Å². The number of ether oxygens (including phenoxy) is 2. The molecule has 7 heteroatoms. The normalized spacial score (nSPS) is 11.7. The zero-order valence-electron chi connectivity index (χ0n) is 18.3. The zero-order valence-corrected chi connectivity index (χ0v) is 18.3. The number of hydrogen-bond donors (Lipinski definition) is 1. The molecule has 30 heavy (non-hydrogen) atoms. The van der Waals surface area contributed by atoms with Gasteiger partial charge in [-0.15, -0.1) is 0 Å². The van der Waals surface area contributed by atoms with Crippen molar-refractivity contribution in [3.8, 4) is 11.5 Å². The van der Waals surface area contributed by atoms with Gasteiger partial charge in [-0.05, 0) is 43.3 Å². The highest BCUT2D eigenvalue weighted by Gasteiger charge is 2.21. The highest BCUT2D eigenvalue weighted by molar-refractivity contribution is 5.94. The van der Waals surface area contributed by atoms with Gasteiger partial charge in [0.1, 0.15) is 11.5 Å². The Morgan fingerprint density at radius 1 is 1.00 bits per heavy atom. The molecule has 2 amide bonds. The van der Waals surface area contributed by atoms with Crippen LogP contribution in [0.25, 0.3) is 0 Å². The van der Waals surface area contributed by atoms with Gasteiger partial charge < -0.3 is 19.7 Å². The molecule has 0 aliphatic carbocycles. The average Bonchev–Trinajstić information content (AvgIpc) is 2.76. The summed E-state index contributed by atoms with van der Waals surface area (Å²) in [6.45, 7) is 4.97. The molecule has 162 valence electrons. The minimum Gasteiger partial charge on any atom is -0.497 e. The summed E-state index contributed by atoms with van der Waals surface area (Å²) in [5.41, 5.74) is 1.70. The van der Waals surface area contributed by atoms with Crippen molar-refractivity contribution in [2.45, 2.75) is 19.9 Å². The molecule has 0 bridgehead atoms. The van der Waals surface area contributed by atoms with E-state index in [1.807, 2.05) is 31.2 Å². The standard InChI is InChI=1S/C23H31N3O4/c1-6-26(17(2)18-9-7-11-20(13-18)29-4)16-23(28)25(3)15-22(27)24-19-10-8-12-21(14-19)30-5/h7-14,17H,6,15-16H2,1-5H3,(H,24,27). The summed E-state index contributed by atoms with van der Waals surface area (Å²) in [4.78, 5) is 28.6. The van der Waals surface area contributed by atoms with Crippen LogP contribution in [0.4, 0.5) is 5.69 Å². The molecule has 0 fully saturated rings. The molecule has 1 unspecified atom stereocenters. The number of nitrogens with one attached hydrogen (secondary N) is 1. The summed E-state index contributed by atoms with van der Waals surface area (Å²) in [5.74, 6) is 1.06. The van der Waals surface area contributed by atoms with E-state index in [9.17, 15) is 9.59 Å². The largest absolute Gasteiger partial charge is 0.497 e. The molecule has 0 saturated heterocycles. The first kappa shape index (κ1) is 23.2. The number of hydrogen-bond acceptors (Lipinski definition) is 5. The molecule has 1 N–H and O–H groups in total. The molecule has 0 spiro atoms. The van der Waals surface area contributed by atoms with Gasteiger partial charge >= 0.3 is 0 Å². The summed E-state index contributed by atoms with van der Waals surface area (Å²) < 4.78 is 10.5. The Hall–Kier alpha value is -3.06. The second-order valence-corrected chi connectivity index (χ2v) is 7.05. The van der Waals surface area contributed by atoms with E-state index in [0.29, 0.717) is 18.0 Å². The van der Waals surface area contributed by atoms with Crippen LogP contribution in [-0.4, -0.2) is 62.5 Å². The lowest BCUT2D eigenvalue weighted by molar-refractivity contribution is -0.134. The number of anilines is 1. The Kier molecular flexibility index (Phi) is 8.68. The van der Waals surface area contributed by atoms with Crippen LogP contribution < -0.4 is 14.8 Å². The maximum atomic E-state index is 12.7. The molecule has 0 aliphatic heterocycles. The third-order valence-corrected chi connectivity index (χ3v) is 5.03. The molecule has 0 saturated carbocycles. The molecule has 2 aromatic carbocycles. The summed E-state index contributed by atoms with van der Waals surface area (Å²) in [5, 5.41) is 2.79. The number of amides is 2. The van der Waals surface area contributed by atoms with Crippen molar-refractivity contribution in [1.82, 2.24) is 9.80 Å². The van der Waals surface area contributed by atoms with Crippen molar-refractivity contribution in [1.29, 1.82) is 0 Å². The molecule has 7 nitrogen and oxygen atoms in total. The van der Waals surface area contributed by atoms with Crippen LogP contribution in [0.15, 0.2) is 48.5 Å². The third-order valence-electron chi connectivity index (χ3n) is 5.03. The van der Waals surface area contributed by atoms with Gasteiger partial charge in [0.15, 0.2) is 0 Å². The van der Waals surface area contributed by atoms with Crippen molar-refractivity contribution in [2.75, 3.05) is 46.2 Å². The van der Waals surface area contributed by atoms with Crippen LogP contribution in [0.5, 0.6) is 11.5 Å². The molecule has 0 aromatic heterocycles. The van der Waals surface area contributed by atoms with E-state index in [1.54, 1.807) is 45.5 Å². The van der Waals surface area contributed by atoms with Gasteiger partial charge in [0, 0.05) is 24.8 Å². The maximum Gasteiger partial charge on any atom is 0.243 e. The highest BCUT2D eigenvalue weighted by Crippen LogP contribution is 2.23. The number of benzene rings is 2. The number of nitrogens with zero attached hydrogens (tertiary/aromatic N) is 2. The predicted octanol–water partition coefficient (Wildman–Crippen LogP) is 3.18.